The fraction of sp³-hybridized carbons (Fsp3) is 0.625. The Morgan fingerprint density at radius 2 is 2.23 bits per heavy atom. The maximum Gasteiger partial charge on any atom is 0.265 e. The molecule has 1 aromatic heterocycles. The predicted octanol–water partition coefficient (Wildman–Crippen LogP) is 0.865. The fourth-order valence-electron chi connectivity index (χ4n) is 1.06. The van der Waals surface area contributed by atoms with Gasteiger partial charge in [0.25, 0.3) is 5.92 Å². The van der Waals surface area contributed by atoms with Crippen molar-refractivity contribution >= 4 is 0 Å². The standard InChI is InChI=1S/C8H13F2N3/c1-6-3-7(12-13(6)2)4-8(9,10)5-11/h3H,4-5,11H2,1-2H3. The zero-order chi connectivity index (χ0) is 10.1. The van der Waals surface area contributed by atoms with E-state index in [0.29, 0.717) is 5.69 Å². The molecule has 2 N–H and O–H groups in total. The van der Waals surface area contributed by atoms with E-state index in [1.54, 1.807) is 17.8 Å². The van der Waals surface area contributed by atoms with Crippen LogP contribution < -0.4 is 5.73 Å². The van der Waals surface area contributed by atoms with Gasteiger partial charge in [-0.15, -0.1) is 0 Å². The highest BCUT2D eigenvalue weighted by atomic mass is 19.3. The van der Waals surface area contributed by atoms with Gasteiger partial charge in [-0.3, -0.25) is 4.68 Å². The molecule has 0 spiro atoms. The van der Waals surface area contributed by atoms with Crippen molar-refractivity contribution in [3.8, 4) is 0 Å². The van der Waals surface area contributed by atoms with E-state index in [1.165, 1.54) is 0 Å². The van der Waals surface area contributed by atoms with Gasteiger partial charge in [-0.25, -0.2) is 8.78 Å². The van der Waals surface area contributed by atoms with Crippen molar-refractivity contribution < 1.29 is 8.78 Å². The number of rotatable bonds is 3. The number of hydrogen-bond donors (Lipinski definition) is 1. The Balaban J connectivity index is 2.75. The quantitative estimate of drug-likeness (QED) is 0.766. The smallest absolute Gasteiger partial charge is 0.265 e. The van der Waals surface area contributed by atoms with Crippen molar-refractivity contribution in [2.45, 2.75) is 19.3 Å². The average Bonchev–Trinajstić information content (AvgIpc) is 2.30. The number of halogens is 2. The third kappa shape index (κ3) is 2.48. The second-order valence-corrected chi connectivity index (χ2v) is 3.14. The molecule has 0 amide bonds. The van der Waals surface area contributed by atoms with Crippen LogP contribution in [0.4, 0.5) is 8.78 Å². The van der Waals surface area contributed by atoms with Gasteiger partial charge in [-0.2, -0.15) is 5.10 Å². The Bertz CT molecular complexity index is 274. The van der Waals surface area contributed by atoms with E-state index in [9.17, 15) is 8.78 Å². The maximum absolute atomic E-state index is 12.8. The van der Waals surface area contributed by atoms with Crippen LogP contribution in [0.5, 0.6) is 0 Å². The summed E-state index contributed by atoms with van der Waals surface area (Å²) < 4.78 is 27.2. The van der Waals surface area contributed by atoms with Gasteiger partial charge in [0.05, 0.1) is 18.7 Å². The van der Waals surface area contributed by atoms with Crippen LogP contribution in [0.2, 0.25) is 0 Å². The first-order chi connectivity index (χ1) is 5.94. The molecule has 3 nitrogen and oxygen atoms in total. The summed E-state index contributed by atoms with van der Waals surface area (Å²) >= 11 is 0. The van der Waals surface area contributed by atoms with Crippen LogP contribution in [0.3, 0.4) is 0 Å². The summed E-state index contributed by atoms with van der Waals surface area (Å²) in [5, 5.41) is 3.92. The van der Waals surface area contributed by atoms with Crippen molar-refractivity contribution in [2.24, 2.45) is 12.8 Å². The predicted molar refractivity (Wildman–Crippen MR) is 45.7 cm³/mol. The molecule has 1 heterocycles. The van der Waals surface area contributed by atoms with Crippen LogP contribution in [0.1, 0.15) is 11.4 Å². The first kappa shape index (κ1) is 10.1. The first-order valence-electron chi connectivity index (χ1n) is 4.02. The lowest BCUT2D eigenvalue weighted by molar-refractivity contribution is 0.0104. The third-order valence-corrected chi connectivity index (χ3v) is 1.90. The van der Waals surface area contributed by atoms with E-state index >= 15 is 0 Å². The topological polar surface area (TPSA) is 43.8 Å². The van der Waals surface area contributed by atoms with Gasteiger partial charge in [0.15, 0.2) is 0 Å². The van der Waals surface area contributed by atoms with E-state index in [4.69, 9.17) is 5.73 Å². The van der Waals surface area contributed by atoms with E-state index in [-0.39, 0.29) is 6.42 Å². The molecule has 0 atom stereocenters. The van der Waals surface area contributed by atoms with E-state index in [0.717, 1.165) is 5.69 Å². The van der Waals surface area contributed by atoms with Gasteiger partial charge < -0.3 is 5.73 Å². The lowest BCUT2D eigenvalue weighted by Crippen LogP contribution is -2.30. The van der Waals surface area contributed by atoms with Gasteiger partial charge >= 0.3 is 0 Å². The zero-order valence-corrected chi connectivity index (χ0v) is 7.72. The molecule has 0 aromatic carbocycles. The van der Waals surface area contributed by atoms with Crippen molar-refractivity contribution in [2.75, 3.05) is 6.54 Å². The van der Waals surface area contributed by atoms with Gasteiger partial charge in [0, 0.05) is 12.7 Å². The van der Waals surface area contributed by atoms with Crippen LogP contribution >= 0.6 is 0 Å². The Morgan fingerprint density at radius 3 is 2.62 bits per heavy atom. The van der Waals surface area contributed by atoms with Gasteiger partial charge in [-0.1, -0.05) is 0 Å². The number of alkyl halides is 2. The summed E-state index contributed by atoms with van der Waals surface area (Å²) in [6.45, 7) is 1.18. The lowest BCUT2D eigenvalue weighted by atomic mass is 10.2. The molecule has 1 aromatic rings. The molecular formula is C8H13F2N3. The fourth-order valence-corrected chi connectivity index (χ4v) is 1.06. The number of hydrogen-bond acceptors (Lipinski definition) is 2. The van der Waals surface area contributed by atoms with Crippen molar-refractivity contribution in [3.05, 3.63) is 17.5 Å². The number of aryl methyl sites for hydroxylation is 2. The summed E-state index contributed by atoms with van der Waals surface area (Å²) in [5.74, 6) is -2.85. The largest absolute Gasteiger partial charge is 0.325 e. The molecule has 1 rings (SSSR count). The van der Waals surface area contributed by atoms with Gasteiger partial charge in [-0.05, 0) is 13.0 Å². The van der Waals surface area contributed by atoms with Crippen LogP contribution in [0.15, 0.2) is 6.07 Å². The minimum atomic E-state index is -2.85. The minimum absolute atomic E-state index is 0.384. The summed E-state index contributed by atoms with van der Waals surface area (Å²) in [5.41, 5.74) is 6.16. The van der Waals surface area contributed by atoms with Crippen molar-refractivity contribution in [1.82, 2.24) is 9.78 Å². The van der Waals surface area contributed by atoms with Crippen LogP contribution in [0, 0.1) is 6.92 Å². The summed E-state index contributed by atoms with van der Waals surface area (Å²) in [6.07, 6.45) is -0.384. The molecule has 0 bridgehead atoms. The Hall–Kier alpha value is -0.970. The molecule has 0 unspecified atom stereocenters. The molecule has 0 aliphatic rings. The van der Waals surface area contributed by atoms with E-state index in [2.05, 4.69) is 5.10 Å². The van der Waals surface area contributed by atoms with E-state index < -0.39 is 12.5 Å². The summed E-state index contributed by atoms with van der Waals surface area (Å²) in [4.78, 5) is 0. The average molecular weight is 189 g/mol. The molecule has 74 valence electrons. The van der Waals surface area contributed by atoms with Crippen LogP contribution in [0.25, 0.3) is 0 Å². The maximum atomic E-state index is 12.8. The Kier molecular flexibility index (Phi) is 2.66. The SMILES string of the molecule is Cc1cc(CC(F)(F)CN)nn1C. The molecule has 0 saturated heterocycles. The number of aromatic nitrogens is 2. The number of nitrogens with zero attached hydrogens (tertiary/aromatic N) is 2. The lowest BCUT2D eigenvalue weighted by Gasteiger charge is -2.10. The summed E-state index contributed by atoms with van der Waals surface area (Å²) in [6, 6.07) is 1.64. The minimum Gasteiger partial charge on any atom is -0.325 e. The number of nitrogens with two attached hydrogens (primary N) is 1. The zero-order valence-electron chi connectivity index (χ0n) is 7.72. The Labute approximate surface area is 75.5 Å². The van der Waals surface area contributed by atoms with Crippen LogP contribution in [-0.4, -0.2) is 22.2 Å². The molecule has 0 saturated carbocycles. The van der Waals surface area contributed by atoms with E-state index in [1.807, 2.05) is 6.92 Å². The first-order valence-corrected chi connectivity index (χ1v) is 4.02. The monoisotopic (exact) mass is 189 g/mol. The highest BCUT2D eigenvalue weighted by Crippen LogP contribution is 2.17. The molecular weight excluding hydrogens is 176 g/mol. The second-order valence-electron chi connectivity index (χ2n) is 3.14. The van der Waals surface area contributed by atoms with Crippen molar-refractivity contribution in [3.63, 3.8) is 0 Å². The highest BCUT2D eigenvalue weighted by Gasteiger charge is 2.28. The highest BCUT2D eigenvalue weighted by molar-refractivity contribution is 5.10. The molecule has 5 heteroatoms. The normalized spacial score (nSPS) is 12.1. The summed E-state index contributed by atoms with van der Waals surface area (Å²) in [7, 11) is 1.72. The van der Waals surface area contributed by atoms with Gasteiger partial charge in [0.1, 0.15) is 0 Å². The van der Waals surface area contributed by atoms with Crippen LogP contribution in [-0.2, 0) is 13.5 Å². The van der Waals surface area contributed by atoms with Crippen molar-refractivity contribution in [1.29, 1.82) is 0 Å². The second kappa shape index (κ2) is 3.41. The third-order valence-electron chi connectivity index (χ3n) is 1.90. The Morgan fingerprint density at radius 1 is 1.62 bits per heavy atom. The van der Waals surface area contributed by atoms with Gasteiger partial charge in [0.2, 0.25) is 0 Å². The molecule has 13 heavy (non-hydrogen) atoms. The molecule has 0 radical (unpaired) electrons. The molecule has 0 aliphatic heterocycles. The molecule has 0 fully saturated rings. The molecule has 0 aliphatic carbocycles.